The minimum absolute atomic E-state index is 0.0480. The molecule has 2 aromatic rings. The molecule has 10 nitrogen and oxygen atoms in total. The topological polar surface area (TPSA) is 128 Å². The Labute approximate surface area is 253 Å². The second-order valence-electron chi connectivity index (χ2n) is 11.4. The number of hydrogen-bond donors (Lipinski definition) is 3. The van der Waals surface area contributed by atoms with Gasteiger partial charge in [-0.25, -0.2) is 13.2 Å². The van der Waals surface area contributed by atoms with Gasteiger partial charge in [0.1, 0.15) is 11.9 Å². The summed E-state index contributed by atoms with van der Waals surface area (Å²) >= 11 is 5.91. The van der Waals surface area contributed by atoms with Gasteiger partial charge in [-0.2, -0.15) is 0 Å². The van der Waals surface area contributed by atoms with Crippen LogP contribution in [0.25, 0.3) is 0 Å². The van der Waals surface area contributed by atoms with Gasteiger partial charge in [0.15, 0.2) is 0 Å². The number of likely N-dealkylation sites (N-methyl/N-ethyl adjacent to an activating group) is 1. The van der Waals surface area contributed by atoms with E-state index in [4.69, 9.17) is 16.3 Å². The molecule has 1 aliphatic carbocycles. The number of benzene rings is 2. The first-order chi connectivity index (χ1) is 20.0. The maximum atomic E-state index is 13.5. The fraction of sp³-hybridized carbons (Fsp3) is 0.533. The number of aliphatic hydroxyl groups excluding tert-OH is 1. The molecule has 42 heavy (non-hydrogen) atoms. The van der Waals surface area contributed by atoms with Gasteiger partial charge in [0.2, 0.25) is 5.91 Å². The number of ether oxygens (including phenoxy) is 1. The van der Waals surface area contributed by atoms with Gasteiger partial charge in [-0.1, -0.05) is 37.8 Å². The van der Waals surface area contributed by atoms with Gasteiger partial charge in [0, 0.05) is 41.8 Å². The predicted molar refractivity (Wildman–Crippen MR) is 162 cm³/mol. The van der Waals surface area contributed by atoms with Gasteiger partial charge in [-0.15, -0.1) is 0 Å². The van der Waals surface area contributed by atoms with Gasteiger partial charge in [0.05, 0.1) is 30.5 Å². The lowest BCUT2D eigenvalue weighted by atomic mass is 9.96. The van der Waals surface area contributed by atoms with Crippen molar-refractivity contribution < 1.29 is 27.9 Å². The minimum Gasteiger partial charge on any atom is -0.488 e. The Morgan fingerprint density at radius 3 is 2.52 bits per heavy atom. The molecule has 0 radical (unpaired) electrons. The summed E-state index contributed by atoms with van der Waals surface area (Å²) in [5, 5.41) is 13.4. The number of fused-ring (bicyclic) bond motifs is 1. The number of nitrogens with one attached hydrogen (secondary N) is 2. The molecule has 4 rings (SSSR count). The summed E-state index contributed by atoms with van der Waals surface area (Å²) in [5.74, 6) is 0.0474. The van der Waals surface area contributed by atoms with E-state index in [0.29, 0.717) is 22.9 Å². The number of nitrogens with zero attached hydrogens (tertiary/aromatic N) is 2. The first kappa shape index (κ1) is 31.9. The van der Waals surface area contributed by atoms with Crippen LogP contribution < -0.4 is 14.8 Å². The third kappa shape index (κ3) is 8.08. The number of rotatable bonds is 8. The lowest BCUT2D eigenvalue weighted by molar-refractivity contribution is -0.134. The fourth-order valence-electron chi connectivity index (χ4n) is 5.42. The molecule has 3 N–H and O–H groups in total. The van der Waals surface area contributed by atoms with Crippen molar-refractivity contribution in [2.75, 3.05) is 31.5 Å². The molecular weight excluding hydrogens is 580 g/mol. The Balaban J connectivity index is 1.59. The zero-order valence-corrected chi connectivity index (χ0v) is 26.0. The zero-order valence-electron chi connectivity index (χ0n) is 24.4. The molecule has 0 unspecified atom stereocenters. The maximum Gasteiger partial charge on any atom is 0.317 e. The fourth-order valence-corrected chi connectivity index (χ4v) is 6.60. The molecular formula is C30H41ClN4O6S. The van der Waals surface area contributed by atoms with Crippen LogP contribution in [0, 0.1) is 5.92 Å². The van der Waals surface area contributed by atoms with Gasteiger partial charge in [-0.3, -0.25) is 9.52 Å². The van der Waals surface area contributed by atoms with E-state index in [1.807, 2.05) is 6.92 Å². The molecule has 2 aromatic carbocycles. The van der Waals surface area contributed by atoms with Crippen molar-refractivity contribution in [3.63, 3.8) is 0 Å². The number of anilines is 1. The number of aliphatic hydroxyl groups is 1. The lowest BCUT2D eigenvalue weighted by Gasteiger charge is -2.34. The number of amides is 3. The summed E-state index contributed by atoms with van der Waals surface area (Å²) in [5.41, 5.74) is 0.773. The van der Waals surface area contributed by atoms with Crippen LogP contribution in [0.15, 0.2) is 47.4 Å². The quantitative estimate of drug-likeness (QED) is 0.405. The van der Waals surface area contributed by atoms with Crippen LogP contribution in [-0.2, 0) is 21.2 Å². The van der Waals surface area contributed by atoms with Gasteiger partial charge in [0.25, 0.3) is 10.0 Å². The molecule has 1 heterocycles. The number of carbonyl (C=O) groups excluding carboxylic acids is 2. The minimum atomic E-state index is -3.91. The van der Waals surface area contributed by atoms with E-state index in [1.165, 1.54) is 30.7 Å². The summed E-state index contributed by atoms with van der Waals surface area (Å²) in [6.45, 7) is 4.13. The zero-order chi connectivity index (χ0) is 30.4. The molecule has 0 spiro atoms. The highest BCUT2D eigenvalue weighted by Crippen LogP contribution is 2.30. The SMILES string of the molecule is C[C@@H]1CN([C@H](C)CO)C(=O)Cc2cc(NS(=O)(=O)c3ccc(Cl)cc3)ccc2O[C@H]1CN(C)C(=O)NC1CCCCC1. The maximum absolute atomic E-state index is 13.5. The average molecular weight is 621 g/mol. The Kier molecular flexibility index (Phi) is 10.6. The van der Waals surface area contributed by atoms with E-state index >= 15 is 0 Å². The van der Waals surface area contributed by atoms with Gasteiger partial charge >= 0.3 is 6.03 Å². The van der Waals surface area contributed by atoms with E-state index in [9.17, 15) is 23.1 Å². The smallest absolute Gasteiger partial charge is 0.317 e. The highest BCUT2D eigenvalue weighted by atomic mass is 35.5. The molecule has 0 bridgehead atoms. The average Bonchev–Trinajstić information content (AvgIpc) is 3.00. The van der Waals surface area contributed by atoms with E-state index in [-0.39, 0.29) is 54.1 Å². The van der Waals surface area contributed by atoms with E-state index in [2.05, 4.69) is 10.0 Å². The second kappa shape index (κ2) is 14.0. The van der Waals surface area contributed by atoms with Crippen LogP contribution in [0.2, 0.25) is 5.02 Å². The van der Waals surface area contributed by atoms with E-state index in [1.54, 1.807) is 42.0 Å². The Morgan fingerprint density at radius 2 is 1.86 bits per heavy atom. The van der Waals surface area contributed by atoms with Crippen molar-refractivity contribution in [3.05, 3.63) is 53.1 Å². The third-order valence-corrected chi connectivity index (χ3v) is 9.68. The molecule has 3 atom stereocenters. The molecule has 0 saturated heterocycles. The number of carbonyl (C=O) groups is 2. The van der Waals surface area contributed by atoms with E-state index < -0.39 is 22.2 Å². The lowest BCUT2D eigenvalue weighted by Crippen LogP contribution is -2.50. The van der Waals surface area contributed by atoms with Crippen LogP contribution in [0.5, 0.6) is 5.75 Å². The molecule has 1 aliphatic heterocycles. The number of urea groups is 1. The normalized spacial score (nSPS) is 20.8. The van der Waals surface area contributed by atoms with Gasteiger partial charge < -0.3 is 25.0 Å². The van der Waals surface area contributed by atoms with Gasteiger partial charge in [-0.05, 0) is 62.2 Å². The van der Waals surface area contributed by atoms with Crippen molar-refractivity contribution in [2.45, 2.75) is 75.5 Å². The Morgan fingerprint density at radius 1 is 1.17 bits per heavy atom. The number of hydrogen-bond acceptors (Lipinski definition) is 6. The molecule has 2 aliphatic rings. The van der Waals surface area contributed by atoms with Crippen molar-refractivity contribution in [2.24, 2.45) is 5.92 Å². The van der Waals surface area contributed by atoms with Crippen LogP contribution in [-0.4, -0.2) is 80.2 Å². The van der Waals surface area contributed by atoms with Crippen molar-refractivity contribution in [1.29, 1.82) is 0 Å². The Hall–Kier alpha value is -3.02. The first-order valence-corrected chi connectivity index (χ1v) is 16.3. The summed E-state index contributed by atoms with van der Waals surface area (Å²) in [4.78, 5) is 29.8. The molecule has 1 fully saturated rings. The highest BCUT2D eigenvalue weighted by molar-refractivity contribution is 7.92. The summed E-state index contributed by atoms with van der Waals surface area (Å²) < 4.78 is 35.0. The summed E-state index contributed by atoms with van der Waals surface area (Å²) in [6, 6.07) is 10.2. The molecule has 0 aromatic heterocycles. The highest BCUT2D eigenvalue weighted by Gasteiger charge is 2.32. The molecule has 230 valence electrons. The monoisotopic (exact) mass is 620 g/mol. The van der Waals surface area contributed by atoms with Crippen molar-refractivity contribution >= 4 is 39.2 Å². The molecule has 3 amide bonds. The summed E-state index contributed by atoms with van der Waals surface area (Å²) in [7, 11) is -2.18. The van der Waals surface area contributed by atoms with Crippen molar-refractivity contribution in [1.82, 2.24) is 15.1 Å². The number of sulfonamides is 1. The van der Waals surface area contributed by atoms with Crippen LogP contribution in [0.4, 0.5) is 10.5 Å². The van der Waals surface area contributed by atoms with Crippen molar-refractivity contribution in [3.8, 4) is 5.75 Å². The summed E-state index contributed by atoms with van der Waals surface area (Å²) in [6.07, 6.45) is 4.85. The second-order valence-corrected chi connectivity index (χ2v) is 13.6. The number of halogens is 1. The molecule has 12 heteroatoms. The Bertz CT molecular complexity index is 1350. The molecule has 1 saturated carbocycles. The van der Waals surface area contributed by atoms with Crippen LogP contribution >= 0.6 is 11.6 Å². The van der Waals surface area contributed by atoms with Crippen LogP contribution in [0.1, 0.15) is 51.5 Å². The standard InChI is InChI=1S/C30H41ClN4O6S/c1-20-17-35(21(2)19-36)29(37)16-22-15-25(33-42(39,40)26-12-9-23(31)10-13-26)11-14-27(22)41-28(20)18-34(3)30(38)32-24-7-5-4-6-8-24/h9-15,20-21,24,28,33,36H,4-8,16-19H2,1-3H3,(H,32,38)/t20-,21-,28+/m1/s1. The van der Waals surface area contributed by atoms with E-state index in [0.717, 1.165) is 25.7 Å². The predicted octanol–water partition coefficient (Wildman–Crippen LogP) is 4.26. The third-order valence-electron chi connectivity index (χ3n) is 8.03. The van der Waals surface area contributed by atoms with Crippen LogP contribution in [0.3, 0.4) is 0 Å². The largest absolute Gasteiger partial charge is 0.488 e. The first-order valence-electron chi connectivity index (χ1n) is 14.5.